The molecule has 0 aliphatic heterocycles. The van der Waals surface area contributed by atoms with E-state index in [1.165, 1.54) is 13.0 Å². The first-order chi connectivity index (χ1) is 12.4. The van der Waals surface area contributed by atoms with E-state index in [9.17, 15) is 27.6 Å². The van der Waals surface area contributed by atoms with E-state index in [-0.39, 0.29) is 16.8 Å². The molecule has 3 amide bonds. The van der Waals surface area contributed by atoms with Crippen LogP contribution in [0.5, 0.6) is 0 Å². The molecule has 1 rings (SSSR count). The molecule has 0 unspecified atom stereocenters. The number of hydrogen-bond acceptors (Lipinski definition) is 4. The number of anilines is 1. The first-order valence-corrected chi connectivity index (χ1v) is 8.01. The largest absolute Gasteiger partial charge is 0.418 e. The number of alkyl halides is 3. The minimum atomic E-state index is -4.71. The van der Waals surface area contributed by atoms with Gasteiger partial charge in [-0.2, -0.15) is 13.2 Å². The quantitative estimate of drug-likeness (QED) is 0.342. The minimum Gasteiger partial charge on any atom is -0.346 e. The Morgan fingerprint density at radius 2 is 1.74 bits per heavy atom. The lowest BCUT2D eigenvalue weighted by Crippen LogP contribution is -2.47. The summed E-state index contributed by atoms with van der Waals surface area (Å²) < 4.78 is 39.0. The number of hydrogen-bond donors (Lipinski definition) is 4. The second kappa shape index (κ2) is 9.26. The second-order valence-electron chi connectivity index (χ2n) is 5.71. The molecule has 27 heavy (non-hydrogen) atoms. The van der Waals surface area contributed by atoms with Crippen LogP contribution in [-0.2, 0) is 20.6 Å². The summed E-state index contributed by atoms with van der Waals surface area (Å²) in [6.45, 7) is 4.70. The van der Waals surface area contributed by atoms with E-state index >= 15 is 0 Å². The van der Waals surface area contributed by atoms with E-state index in [1.54, 1.807) is 13.8 Å². The number of hydrazine groups is 1. The lowest BCUT2D eigenvalue weighted by Gasteiger charge is -2.14. The maximum Gasteiger partial charge on any atom is 0.418 e. The molecule has 0 aliphatic carbocycles. The molecule has 0 saturated heterocycles. The topological polar surface area (TPSA) is 99.3 Å². The van der Waals surface area contributed by atoms with Crippen LogP contribution in [0, 0.1) is 0 Å². The van der Waals surface area contributed by atoms with Crippen LogP contribution in [-0.4, -0.2) is 23.8 Å². The predicted octanol–water partition coefficient (Wildman–Crippen LogP) is 2.35. The van der Waals surface area contributed by atoms with E-state index in [2.05, 4.69) is 21.5 Å². The van der Waals surface area contributed by atoms with Gasteiger partial charge in [0.25, 0.3) is 0 Å². The highest BCUT2D eigenvalue weighted by Gasteiger charge is 2.34. The number of carbonyl (C=O) groups is 3. The van der Waals surface area contributed by atoms with Gasteiger partial charge >= 0.3 is 18.0 Å². The van der Waals surface area contributed by atoms with Crippen molar-refractivity contribution in [2.24, 2.45) is 0 Å². The average Bonchev–Trinajstić information content (AvgIpc) is 2.52. The van der Waals surface area contributed by atoms with Crippen LogP contribution >= 0.6 is 11.6 Å². The van der Waals surface area contributed by atoms with Gasteiger partial charge in [-0.15, -0.1) is 0 Å². The summed E-state index contributed by atoms with van der Waals surface area (Å²) >= 11 is 5.56. The standard InChI is InChI=1S/C16H18ClF3N4O3/c1-8(2)21-14(26)15(27)24-23-9(3)6-13(25)22-12-5-4-10(17)7-11(12)16(18,19)20/h4-8,23H,1-3H3,(H,21,26)(H,22,25)(H,24,27). The molecule has 148 valence electrons. The molecular weight excluding hydrogens is 389 g/mol. The molecule has 0 aromatic heterocycles. The molecule has 4 N–H and O–H groups in total. The maximum absolute atomic E-state index is 13.0. The highest BCUT2D eigenvalue weighted by Crippen LogP contribution is 2.36. The number of rotatable bonds is 5. The van der Waals surface area contributed by atoms with Gasteiger partial charge in [-0.1, -0.05) is 11.6 Å². The zero-order valence-corrected chi connectivity index (χ0v) is 15.4. The first-order valence-electron chi connectivity index (χ1n) is 7.63. The van der Waals surface area contributed by atoms with Gasteiger partial charge in [0.15, 0.2) is 0 Å². The Morgan fingerprint density at radius 1 is 1.11 bits per heavy atom. The van der Waals surface area contributed by atoms with E-state index in [4.69, 9.17) is 11.6 Å². The third-order valence-electron chi connectivity index (χ3n) is 2.89. The molecule has 0 spiro atoms. The summed E-state index contributed by atoms with van der Waals surface area (Å²) in [5.41, 5.74) is 2.87. The Hall–Kier alpha value is -2.75. The Bertz CT molecular complexity index is 764. The van der Waals surface area contributed by atoms with Crippen molar-refractivity contribution in [3.8, 4) is 0 Å². The summed E-state index contributed by atoms with van der Waals surface area (Å²) in [4.78, 5) is 34.8. The van der Waals surface area contributed by atoms with Crippen molar-refractivity contribution in [1.82, 2.24) is 16.2 Å². The first kappa shape index (κ1) is 22.3. The van der Waals surface area contributed by atoms with Gasteiger partial charge in [-0.25, -0.2) is 0 Å². The predicted molar refractivity (Wildman–Crippen MR) is 93.4 cm³/mol. The van der Waals surface area contributed by atoms with Crippen molar-refractivity contribution in [3.05, 3.63) is 40.6 Å². The highest BCUT2D eigenvalue weighted by molar-refractivity contribution is 6.35. The Labute approximate surface area is 158 Å². The minimum absolute atomic E-state index is 0.0840. The normalized spacial score (nSPS) is 11.8. The van der Waals surface area contributed by atoms with Gasteiger partial charge in [-0.3, -0.25) is 19.8 Å². The molecule has 1 aromatic carbocycles. The molecular formula is C16H18ClF3N4O3. The Kier molecular flexibility index (Phi) is 7.65. The van der Waals surface area contributed by atoms with Crippen LogP contribution in [0.3, 0.4) is 0 Å². The summed E-state index contributed by atoms with van der Waals surface area (Å²) in [7, 11) is 0. The summed E-state index contributed by atoms with van der Waals surface area (Å²) in [6.07, 6.45) is -3.79. The third kappa shape index (κ3) is 7.57. The van der Waals surface area contributed by atoms with Crippen LogP contribution in [0.2, 0.25) is 5.02 Å². The molecule has 1 aromatic rings. The van der Waals surface area contributed by atoms with Crippen molar-refractivity contribution in [2.75, 3.05) is 5.32 Å². The fourth-order valence-electron chi connectivity index (χ4n) is 1.80. The number of amides is 3. The molecule has 0 aliphatic rings. The number of carbonyl (C=O) groups excluding carboxylic acids is 3. The molecule has 11 heteroatoms. The number of halogens is 4. The molecule has 7 nitrogen and oxygen atoms in total. The van der Waals surface area contributed by atoms with E-state index in [0.29, 0.717) is 6.07 Å². The molecule has 0 fully saturated rings. The average molecular weight is 407 g/mol. The second-order valence-corrected chi connectivity index (χ2v) is 6.15. The van der Waals surface area contributed by atoms with Crippen molar-refractivity contribution in [1.29, 1.82) is 0 Å². The van der Waals surface area contributed by atoms with Gasteiger partial charge in [0.1, 0.15) is 0 Å². The zero-order valence-electron chi connectivity index (χ0n) is 14.6. The van der Waals surface area contributed by atoms with Crippen LogP contribution in [0.15, 0.2) is 30.0 Å². The maximum atomic E-state index is 13.0. The van der Waals surface area contributed by atoms with Crippen molar-refractivity contribution in [2.45, 2.75) is 33.0 Å². The SMILES string of the molecule is CC(=CC(=O)Nc1ccc(Cl)cc1C(F)(F)F)NNC(=O)C(=O)NC(C)C. The van der Waals surface area contributed by atoms with Crippen LogP contribution in [0.1, 0.15) is 26.3 Å². The molecule has 0 atom stereocenters. The number of nitrogens with one attached hydrogen (secondary N) is 4. The van der Waals surface area contributed by atoms with Crippen LogP contribution in [0.25, 0.3) is 0 Å². The molecule has 0 bridgehead atoms. The summed E-state index contributed by atoms with van der Waals surface area (Å²) in [5, 5.41) is 4.31. The molecule has 0 heterocycles. The number of allylic oxidation sites excluding steroid dienone is 1. The van der Waals surface area contributed by atoms with Gasteiger partial charge in [0.05, 0.1) is 11.3 Å². The monoisotopic (exact) mass is 406 g/mol. The molecule has 0 radical (unpaired) electrons. The van der Waals surface area contributed by atoms with E-state index in [1.807, 2.05) is 0 Å². The third-order valence-corrected chi connectivity index (χ3v) is 3.13. The highest BCUT2D eigenvalue weighted by atomic mass is 35.5. The van der Waals surface area contributed by atoms with E-state index in [0.717, 1.165) is 12.1 Å². The lowest BCUT2D eigenvalue weighted by atomic mass is 10.1. The summed E-state index contributed by atoms with van der Waals surface area (Å²) in [6, 6.07) is 2.68. The van der Waals surface area contributed by atoms with Crippen molar-refractivity contribution >= 4 is 35.0 Å². The lowest BCUT2D eigenvalue weighted by molar-refractivity contribution is -0.140. The number of benzene rings is 1. The van der Waals surface area contributed by atoms with Crippen LogP contribution in [0.4, 0.5) is 18.9 Å². The Morgan fingerprint density at radius 3 is 2.30 bits per heavy atom. The van der Waals surface area contributed by atoms with Crippen LogP contribution < -0.4 is 21.5 Å². The smallest absolute Gasteiger partial charge is 0.346 e. The molecule has 0 saturated carbocycles. The van der Waals surface area contributed by atoms with Crippen molar-refractivity contribution < 1.29 is 27.6 Å². The summed E-state index contributed by atoms with van der Waals surface area (Å²) in [5.74, 6) is -2.76. The zero-order chi connectivity index (χ0) is 20.8. The van der Waals surface area contributed by atoms with Gasteiger partial charge < -0.3 is 16.1 Å². The van der Waals surface area contributed by atoms with Gasteiger partial charge in [-0.05, 0) is 39.0 Å². The van der Waals surface area contributed by atoms with E-state index < -0.39 is 35.1 Å². The van der Waals surface area contributed by atoms with Gasteiger partial charge in [0, 0.05) is 22.8 Å². The fourth-order valence-corrected chi connectivity index (χ4v) is 1.97. The Balaban J connectivity index is 2.73. The van der Waals surface area contributed by atoms with Gasteiger partial charge in [0.2, 0.25) is 5.91 Å². The fraction of sp³-hybridized carbons (Fsp3) is 0.312. The van der Waals surface area contributed by atoms with Crippen molar-refractivity contribution in [3.63, 3.8) is 0 Å².